The van der Waals surface area contributed by atoms with Crippen molar-refractivity contribution in [3.8, 4) is 0 Å². The first kappa shape index (κ1) is 9.48. The third kappa shape index (κ3) is 5.61. The fourth-order valence-corrected chi connectivity index (χ4v) is 0.486. The predicted octanol–water partition coefficient (Wildman–Crippen LogP) is 3.55. The molecular formula is C10H18. The third-order valence-electron chi connectivity index (χ3n) is 1.27. The molecule has 0 saturated heterocycles. The predicted molar refractivity (Wildman–Crippen MR) is 48.0 cm³/mol. The summed E-state index contributed by atoms with van der Waals surface area (Å²) in [5, 5.41) is 0. The molecule has 0 aliphatic rings. The molecule has 0 bridgehead atoms. The zero-order chi connectivity index (χ0) is 8.20. The Morgan fingerprint density at radius 1 is 1.40 bits per heavy atom. The lowest BCUT2D eigenvalue weighted by atomic mass is 9.95. The van der Waals surface area contributed by atoms with E-state index in [0.717, 1.165) is 6.42 Å². The molecule has 0 saturated carbocycles. The van der Waals surface area contributed by atoms with Gasteiger partial charge in [-0.05, 0) is 11.8 Å². The molecule has 0 rings (SSSR count). The Hall–Kier alpha value is -0.520. The van der Waals surface area contributed by atoms with E-state index in [1.807, 2.05) is 0 Å². The quantitative estimate of drug-likeness (QED) is 0.512. The summed E-state index contributed by atoms with van der Waals surface area (Å²) in [6.45, 7) is 12.6. The summed E-state index contributed by atoms with van der Waals surface area (Å²) < 4.78 is 0. The molecule has 0 amide bonds. The second-order valence-electron chi connectivity index (χ2n) is 3.71. The fraction of sp³-hybridized carbons (Fsp3) is 0.600. The minimum atomic E-state index is 0.290. The number of allylic oxidation sites excluding steroid dienone is 3. The highest BCUT2D eigenvalue weighted by Crippen LogP contribution is 2.15. The Morgan fingerprint density at radius 2 is 1.90 bits per heavy atom. The minimum Gasteiger partial charge on any atom is -0.0959 e. The Labute approximate surface area is 64.6 Å². The van der Waals surface area contributed by atoms with E-state index in [4.69, 9.17) is 0 Å². The first-order valence-electron chi connectivity index (χ1n) is 3.82. The van der Waals surface area contributed by atoms with Crippen molar-refractivity contribution >= 4 is 0 Å². The number of hydrogen-bond donors (Lipinski definition) is 0. The van der Waals surface area contributed by atoms with Gasteiger partial charge in [-0.25, -0.2) is 0 Å². The van der Waals surface area contributed by atoms with Crippen LogP contribution < -0.4 is 0 Å². The average molecular weight is 138 g/mol. The molecule has 58 valence electrons. The van der Waals surface area contributed by atoms with Gasteiger partial charge in [0.25, 0.3) is 0 Å². The fourth-order valence-electron chi connectivity index (χ4n) is 0.486. The second kappa shape index (κ2) is 3.60. The molecule has 0 atom stereocenters. The van der Waals surface area contributed by atoms with Gasteiger partial charge in [0, 0.05) is 0 Å². The van der Waals surface area contributed by atoms with Crippen LogP contribution in [0.15, 0.2) is 24.3 Å². The number of rotatable bonds is 2. The molecule has 0 aromatic heterocycles. The molecule has 0 N–H and O–H groups in total. The molecule has 0 radical (unpaired) electrons. The van der Waals surface area contributed by atoms with Crippen LogP contribution in [0.3, 0.4) is 0 Å². The topological polar surface area (TPSA) is 0 Å². The van der Waals surface area contributed by atoms with E-state index in [-0.39, 0.29) is 5.41 Å². The van der Waals surface area contributed by atoms with E-state index in [1.54, 1.807) is 0 Å². The van der Waals surface area contributed by atoms with Crippen LogP contribution in [0.4, 0.5) is 0 Å². The summed E-state index contributed by atoms with van der Waals surface area (Å²) in [6, 6.07) is 0. The zero-order valence-electron chi connectivity index (χ0n) is 7.57. The molecule has 0 heterocycles. The summed E-state index contributed by atoms with van der Waals surface area (Å²) in [6.07, 6.45) is 5.35. The van der Waals surface area contributed by atoms with Crippen LogP contribution in [0.5, 0.6) is 0 Å². The van der Waals surface area contributed by atoms with Crippen molar-refractivity contribution in [2.45, 2.75) is 34.1 Å². The maximum absolute atomic E-state index is 3.89. The molecule has 0 aliphatic carbocycles. The lowest BCUT2D eigenvalue weighted by Gasteiger charge is -2.10. The van der Waals surface area contributed by atoms with Crippen LogP contribution in [0, 0.1) is 5.41 Å². The standard InChI is InChI=1S/C10H18/c1-6-9(2)7-8-10(3,4)5/h7-8H,2,6H2,1,3-5H3/b8-7+. The SMILES string of the molecule is C=C(/C=C/C(C)(C)C)CC. The Morgan fingerprint density at radius 3 is 2.20 bits per heavy atom. The van der Waals surface area contributed by atoms with E-state index in [2.05, 4.69) is 46.4 Å². The van der Waals surface area contributed by atoms with Gasteiger partial charge in [0.15, 0.2) is 0 Å². The Balaban J connectivity index is 3.88. The van der Waals surface area contributed by atoms with Gasteiger partial charge in [0.1, 0.15) is 0 Å². The summed E-state index contributed by atoms with van der Waals surface area (Å²) in [4.78, 5) is 0. The van der Waals surface area contributed by atoms with Gasteiger partial charge >= 0.3 is 0 Å². The second-order valence-corrected chi connectivity index (χ2v) is 3.71. The highest BCUT2D eigenvalue weighted by Gasteiger charge is 2.02. The summed E-state index contributed by atoms with van der Waals surface area (Å²) in [5.74, 6) is 0. The molecule has 0 aromatic carbocycles. The molecule has 0 aliphatic heterocycles. The Bertz CT molecular complexity index is 133. The maximum Gasteiger partial charge on any atom is -0.0200 e. The molecule has 0 fully saturated rings. The summed E-state index contributed by atoms with van der Waals surface area (Å²) in [7, 11) is 0. The van der Waals surface area contributed by atoms with Crippen LogP contribution in [0.25, 0.3) is 0 Å². The first-order chi connectivity index (χ1) is 4.45. The van der Waals surface area contributed by atoms with Gasteiger partial charge < -0.3 is 0 Å². The van der Waals surface area contributed by atoms with Gasteiger partial charge in [0.2, 0.25) is 0 Å². The van der Waals surface area contributed by atoms with Crippen molar-refractivity contribution < 1.29 is 0 Å². The molecule has 10 heavy (non-hydrogen) atoms. The first-order valence-corrected chi connectivity index (χ1v) is 3.82. The van der Waals surface area contributed by atoms with Crippen LogP contribution in [0.1, 0.15) is 34.1 Å². The highest BCUT2D eigenvalue weighted by molar-refractivity contribution is 5.15. The van der Waals surface area contributed by atoms with Crippen LogP contribution in [-0.2, 0) is 0 Å². The minimum absolute atomic E-state index is 0.290. The number of hydrogen-bond acceptors (Lipinski definition) is 0. The van der Waals surface area contributed by atoms with Crippen LogP contribution >= 0.6 is 0 Å². The van der Waals surface area contributed by atoms with Gasteiger partial charge in [-0.1, -0.05) is 52.0 Å². The van der Waals surface area contributed by atoms with Crippen molar-refractivity contribution in [2.24, 2.45) is 5.41 Å². The van der Waals surface area contributed by atoms with Crippen LogP contribution in [-0.4, -0.2) is 0 Å². The van der Waals surface area contributed by atoms with E-state index in [9.17, 15) is 0 Å². The van der Waals surface area contributed by atoms with E-state index < -0.39 is 0 Å². The van der Waals surface area contributed by atoms with Gasteiger partial charge in [-0.2, -0.15) is 0 Å². The van der Waals surface area contributed by atoms with Crippen molar-refractivity contribution in [3.63, 3.8) is 0 Å². The summed E-state index contributed by atoms with van der Waals surface area (Å²) >= 11 is 0. The Kier molecular flexibility index (Phi) is 3.41. The van der Waals surface area contributed by atoms with Crippen molar-refractivity contribution in [3.05, 3.63) is 24.3 Å². The zero-order valence-corrected chi connectivity index (χ0v) is 7.57. The van der Waals surface area contributed by atoms with Crippen molar-refractivity contribution in [1.82, 2.24) is 0 Å². The maximum atomic E-state index is 3.89. The largest absolute Gasteiger partial charge is 0.0959 e. The molecule has 0 heteroatoms. The molecule has 0 spiro atoms. The average Bonchev–Trinajstić information content (AvgIpc) is 1.81. The molecule has 0 unspecified atom stereocenters. The van der Waals surface area contributed by atoms with E-state index in [1.165, 1.54) is 5.57 Å². The van der Waals surface area contributed by atoms with E-state index in [0.29, 0.717) is 0 Å². The lowest BCUT2D eigenvalue weighted by molar-refractivity contribution is 0.543. The van der Waals surface area contributed by atoms with Gasteiger partial charge in [-0.3, -0.25) is 0 Å². The van der Waals surface area contributed by atoms with E-state index >= 15 is 0 Å². The van der Waals surface area contributed by atoms with Crippen molar-refractivity contribution in [2.75, 3.05) is 0 Å². The normalized spacial score (nSPS) is 12.4. The van der Waals surface area contributed by atoms with Gasteiger partial charge in [-0.15, -0.1) is 0 Å². The lowest BCUT2D eigenvalue weighted by Crippen LogP contribution is -1.98. The molecule has 0 nitrogen and oxygen atoms in total. The molecule has 0 aromatic rings. The highest BCUT2D eigenvalue weighted by atomic mass is 14.1. The van der Waals surface area contributed by atoms with Gasteiger partial charge in [0.05, 0.1) is 0 Å². The monoisotopic (exact) mass is 138 g/mol. The molecular weight excluding hydrogens is 120 g/mol. The van der Waals surface area contributed by atoms with Crippen molar-refractivity contribution in [1.29, 1.82) is 0 Å². The third-order valence-corrected chi connectivity index (χ3v) is 1.27. The smallest absolute Gasteiger partial charge is 0.0200 e. The summed E-state index contributed by atoms with van der Waals surface area (Å²) in [5.41, 5.74) is 1.49. The van der Waals surface area contributed by atoms with Crippen LogP contribution in [0.2, 0.25) is 0 Å².